The van der Waals surface area contributed by atoms with Crippen molar-refractivity contribution in [3.63, 3.8) is 0 Å². The Kier molecular flexibility index (Phi) is 8.84. The van der Waals surface area contributed by atoms with Gasteiger partial charge in [-0.15, -0.1) is 0 Å². The highest BCUT2D eigenvalue weighted by Gasteiger charge is 2.16. The van der Waals surface area contributed by atoms with Crippen LogP contribution in [0.4, 0.5) is 4.39 Å². The number of hydrogen-bond acceptors (Lipinski definition) is 2. The van der Waals surface area contributed by atoms with E-state index in [4.69, 9.17) is 0 Å². The molecule has 3 nitrogen and oxygen atoms in total. The summed E-state index contributed by atoms with van der Waals surface area (Å²) in [6.07, 6.45) is 5.21. The SMILES string of the molecule is C1CCNCC1.CC(=O)N1CCc2ccccc2C1.Fc1ccccc1. The van der Waals surface area contributed by atoms with Crippen LogP contribution in [0.15, 0.2) is 54.6 Å². The maximum absolute atomic E-state index is 11.9. The molecule has 4 rings (SSSR count). The molecule has 0 saturated carbocycles. The molecule has 0 aliphatic carbocycles. The third kappa shape index (κ3) is 7.36. The van der Waals surface area contributed by atoms with Crippen molar-refractivity contribution in [3.05, 3.63) is 71.5 Å². The van der Waals surface area contributed by atoms with Crippen LogP contribution in [0, 0.1) is 5.82 Å². The molecule has 0 bridgehead atoms. The number of piperidine rings is 1. The van der Waals surface area contributed by atoms with Crippen molar-refractivity contribution in [2.24, 2.45) is 0 Å². The molecule has 1 fully saturated rings. The highest BCUT2D eigenvalue weighted by Crippen LogP contribution is 2.18. The van der Waals surface area contributed by atoms with E-state index in [0.717, 1.165) is 19.5 Å². The van der Waals surface area contributed by atoms with Crippen LogP contribution in [0.25, 0.3) is 0 Å². The van der Waals surface area contributed by atoms with Crippen LogP contribution in [-0.2, 0) is 17.8 Å². The zero-order valence-electron chi connectivity index (χ0n) is 15.6. The van der Waals surface area contributed by atoms with Crippen LogP contribution in [0.3, 0.4) is 0 Å². The first-order valence-electron chi connectivity index (χ1n) is 9.40. The first kappa shape index (κ1) is 20.1. The lowest BCUT2D eigenvalue weighted by molar-refractivity contribution is -0.129. The van der Waals surface area contributed by atoms with Gasteiger partial charge < -0.3 is 10.2 Å². The van der Waals surface area contributed by atoms with Crippen LogP contribution in [-0.4, -0.2) is 30.4 Å². The average Bonchev–Trinajstić information content (AvgIpc) is 2.70. The van der Waals surface area contributed by atoms with E-state index in [1.54, 1.807) is 25.1 Å². The number of halogens is 1. The van der Waals surface area contributed by atoms with E-state index in [1.165, 1.54) is 55.6 Å². The van der Waals surface area contributed by atoms with Crippen LogP contribution >= 0.6 is 0 Å². The molecule has 1 amide bonds. The maximum atomic E-state index is 11.9. The highest BCUT2D eigenvalue weighted by molar-refractivity contribution is 5.73. The van der Waals surface area contributed by atoms with E-state index < -0.39 is 0 Å². The number of fused-ring (bicyclic) bond motifs is 1. The molecule has 2 aliphatic heterocycles. The predicted octanol–water partition coefficient (Wildman–Crippen LogP) is 4.18. The van der Waals surface area contributed by atoms with Crippen molar-refractivity contribution in [2.75, 3.05) is 19.6 Å². The molecule has 2 aliphatic rings. The minimum absolute atomic E-state index is 0.175. The second-order valence-corrected chi connectivity index (χ2v) is 6.57. The van der Waals surface area contributed by atoms with Gasteiger partial charge in [0.15, 0.2) is 0 Å². The highest BCUT2D eigenvalue weighted by atomic mass is 19.1. The van der Waals surface area contributed by atoms with Gasteiger partial charge in [0.1, 0.15) is 5.82 Å². The van der Waals surface area contributed by atoms with E-state index in [-0.39, 0.29) is 11.7 Å². The van der Waals surface area contributed by atoms with Crippen molar-refractivity contribution >= 4 is 5.91 Å². The number of nitrogens with one attached hydrogen (secondary N) is 1. The Bertz CT molecular complexity index is 645. The van der Waals surface area contributed by atoms with Crippen molar-refractivity contribution in [1.29, 1.82) is 0 Å². The van der Waals surface area contributed by atoms with Crippen molar-refractivity contribution in [2.45, 2.75) is 39.2 Å². The topological polar surface area (TPSA) is 32.3 Å². The van der Waals surface area contributed by atoms with Crippen LogP contribution in [0.2, 0.25) is 0 Å². The molecular formula is C22H29FN2O. The molecule has 0 spiro atoms. The van der Waals surface area contributed by atoms with Gasteiger partial charge in [0, 0.05) is 20.0 Å². The maximum Gasteiger partial charge on any atom is 0.219 e. The molecule has 0 atom stereocenters. The second kappa shape index (κ2) is 11.4. The van der Waals surface area contributed by atoms with E-state index in [2.05, 4.69) is 23.5 Å². The van der Waals surface area contributed by atoms with Crippen molar-refractivity contribution in [3.8, 4) is 0 Å². The van der Waals surface area contributed by atoms with Gasteiger partial charge in [-0.2, -0.15) is 0 Å². The zero-order chi connectivity index (χ0) is 18.6. The molecular weight excluding hydrogens is 327 g/mol. The molecule has 4 heteroatoms. The van der Waals surface area contributed by atoms with E-state index in [1.807, 2.05) is 11.0 Å². The number of rotatable bonds is 0. The predicted molar refractivity (Wildman–Crippen MR) is 104 cm³/mol. The summed E-state index contributed by atoms with van der Waals surface area (Å²) in [5.74, 6) is -0.00277. The summed E-state index contributed by atoms with van der Waals surface area (Å²) in [5.41, 5.74) is 2.68. The van der Waals surface area contributed by atoms with Gasteiger partial charge in [0.25, 0.3) is 0 Å². The Balaban J connectivity index is 0.000000157. The monoisotopic (exact) mass is 356 g/mol. The molecule has 1 saturated heterocycles. The molecule has 0 radical (unpaired) electrons. The van der Waals surface area contributed by atoms with Gasteiger partial charge in [-0.1, -0.05) is 48.9 Å². The summed E-state index contributed by atoms with van der Waals surface area (Å²) in [5, 5.41) is 3.28. The van der Waals surface area contributed by atoms with Crippen molar-refractivity contribution < 1.29 is 9.18 Å². The lowest BCUT2D eigenvalue weighted by atomic mass is 10.00. The smallest absolute Gasteiger partial charge is 0.219 e. The van der Waals surface area contributed by atoms with Gasteiger partial charge in [0.05, 0.1) is 0 Å². The molecule has 2 aromatic rings. The Morgan fingerprint density at radius 3 is 2.00 bits per heavy atom. The molecule has 0 aromatic heterocycles. The molecule has 2 heterocycles. The van der Waals surface area contributed by atoms with Crippen LogP contribution in [0.5, 0.6) is 0 Å². The van der Waals surface area contributed by atoms with E-state index in [0.29, 0.717) is 0 Å². The minimum Gasteiger partial charge on any atom is -0.338 e. The second-order valence-electron chi connectivity index (χ2n) is 6.57. The summed E-state index contributed by atoms with van der Waals surface area (Å²) < 4.78 is 11.9. The van der Waals surface area contributed by atoms with E-state index >= 15 is 0 Å². The normalized spacial score (nSPS) is 15.5. The van der Waals surface area contributed by atoms with Gasteiger partial charge >= 0.3 is 0 Å². The van der Waals surface area contributed by atoms with Crippen molar-refractivity contribution in [1.82, 2.24) is 10.2 Å². The van der Waals surface area contributed by atoms with Gasteiger partial charge in [-0.05, 0) is 55.6 Å². The first-order valence-corrected chi connectivity index (χ1v) is 9.40. The quantitative estimate of drug-likeness (QED) is 0.768. The molecule has 1 N–H and O–H groups in total. The van der Waals surface area contributed by atoms with Crippen LogP contribution < -0.4 is 5.32 Å². The first-order chi connectivity index (χ1) is 12.7. The molecule has 2 aromatic carbocycles. The Labute approximate surface area is 156 Å². The van der Waals surface area contributed by atoms with E-state index in [9.17, 15) is 9.18 Å². The third-order valence-electron chi connectivity index (χ3n) is 4.52. The number of nitrogens with zero attached hydrogens (tertiary/aromatic N) is 1. The Hall–Kier alpha value is -2.20. The lowest BCUT2D eigenvalue weighted by Gasteiger charge is -2.27. The summed E-state index contributed by atoms with van der Waals surface area (Å²) in [4.78, 5) is 13.0. The molecule has 0 unspecified atom stereocenters. The summed E-state index contributed by atoms with van der Waals surface area (Å²) in [6, 6.07) is 16.3. The fraction of sp³-hybridized carbons (Fsp3) is 0.409. The molecule has 140 valence electrons. The van der Waals surface area contributed by atoms with Gasteiger partial charge in [-0.25, -0.2) is 4.39 Å². The third-order valence-corrected chi connectivity index (χ3v) is 4.52. The Morgan fingerprint density at radius 2 is 1.54 bits per heavy atom. The summed E-state index contributed by atoms with van der Waals surface area (Å²) >= 11 is 0. The Morgan fingerprint density at radius 1 is 0.923 bits per heavy atom. The fourth-order valence-corrected chi connectivity index (χ4v) is 2.98. The number of benzene rings is 2. The number of carbonyl (C=O) groups is 1. The van der Waals surface area contributed by atoms with Gasteiger partial charge in [-0.3, -0.25) is 4.79 Å². The van der Waals surface area contributed by atoms with Crippen LogP contribution in [0.1, 0.15) is 37.3 Å². The number of amides is 1. The average molecular weight is 356 g/mol. The summed E-state index contributed by atoms with van der Waals surface area (Å²) in [7, 11) is 0. The largest absolute Gasteiger partial charge is 0.338 e. The standard InChI is InChI=1S/C11H13NO.C6H5F.C5H11N/c1-9(13)12-7-6-10-4-2-3-5-11(10)8-12;7-6-4-2-1-3-5-6;1-2-4-6-5-3-1/h2-5H,6-8H2,1H3;1-5H;6H,1-5H2. The minimum atomic E-state index is -0.178. The zero-order valence-corrected chi connectivity index (χ0v) is 15.6. The lowest BCUT2D eigenvalue weighted by Crippen LogP contribution is -2.34. The number of hydrogen-bond donors (Lipinski definition) is 1. The number of carbonyl (C=O) groups excluding carboxylic acids is 1. The summed E-state index contributed by atoms with van der Waals surface area (Å²) in [6.45, 7) is 5.78. The van der Waals surface area contributed by atoms with Gasteiger partial charge in [0.2, 0.25) is 5.91 Å². The fourth-order valence-electron chi connectivity index (χ4n) is 2.98. The molecule has 26 heavy (non-hydrogen) atoms.